The van der Waals surface area contributed by atoms with Gasteiger partial charge in [0.1, 0.15) is 17.0 Å². The predicted octanol–water partition coefficient (Wildman–Crippen LogP) is 3.60. The Morgan fingerprint density at radius 2 is 2.11 bits per heavy atom. The molecule has 0 unspecified atom stereocenters. The Morgan fingerprint density at radius 1 is 1.30 bits per heavy atom. The summed E-state index contributed by atoms with van der Waals surface area (Å²) in [6, 6.07) is 6.09. The minimum absolute atomic E-state index is 0.0352. The fourth-order valence-electron chi connectivity index (χ4n) is 2.88. The second-order valence-electron chi connectivity index (χ2n) is 6.71. The molecule has 142 valence electrons. The van der Waals surface area contributed by atoms with E-state index in [-0.39, 0.29) is 11.9 Å². The van der Waals surface area contributed by atoms with Gasteiger partial charge < -0.3 is 10.2 Å². The lowest BCUT2D eigenvalue weighted by Crippen LogP contribution is -2.31. The van der Waals surface area contributed by atoms with E-state index < -0.39 is 0 Å². The molecule has 0 aliphatic carbocycles. The monoisotopic (exact) mass is 383 g/mol. The molecule has 3 aromatic rings. The molecule has 6 nitrogen and oxygen atoms in total. The number of carbonyl (C=O) groups is 1. The molecule has 27 heavy (non-hydrogen) atoms. The summed E-state index contributed by atoms with van der Waals surface area (Å²) in [6.07, 6.45) is 5.11. The number of pyridine rings is 1. The van der Waals surface area contributed by atoms with Gasteiger partial charge in [0.15, 0.2) is 0 Å². The van der Waals surface area contributed by atoms with Gasteiger partial charge in [-0.05, 0) is 38.0 Å². The Bertz CT molecular complexity index is 925. The van der Waals surface area contributed by atoms with Crippen LogP contribution in [-0.4, -0.2) is 40.5 Å². The van der Waals surface area contributed by atoms with Crippen LogP contribution in [0.25, 0.3) is 10.2 Å². The molecule has 0 saturated heterocycles. The zero-order valence-electron chi connectivity index (χ0n) is 16.2. The molecule has 0 fully saturated rings. The van der Waals surface area contributed by atoms with Gasteiger partial charge in [-0.15, -0.1) is 11.3 Å². The van der Waals surface area contributed by atoms with E-state index in [1.807, 2.05) is 45.3 Å². The highest BCUT2D eigenvalue weighted by atomic mass is 32.1. The first-order valence-corrected chi connectivity index (χ1v) is 9.98. The van der Waals surface area contributed by atoms with E-state index >= 15 is 0 Å². The summed E-state index contributed by atoms with van der Waals surface area (Å²) in [5.41, 5.74) is 1.99. The number of amides is 1. The van der Waals surface area contributed by atoms with Crippen molar-refractivity contribution in [1.29, 1.82) is 0 Å². The highest BCUT2D eigenvalue weighted by molar-refractivity contribution is 7.20. The normalized spacial score (nSPS) is 12.1. The fraction of sp³-hybridized carbons (Fsp3) is 0.400. The van der Waals surface area contributed by atoms with Gasteiger partial charge in [-0.25, -0.2) is 9.97 Å². The van der Waals surface area contributed by atoms with Crippen molar-refractivity contribution in [3.63, 3.8) is 0 Å². The van der Waals surface area contributed by atoms with Crippen molar-refractivity contribution in [1.82, 2.24) is 20.3 Å². The predicted molar refractivity (Wildman–Crippen MR) is 111 cm³/mol. The highest BCUT2D eigenvalue weighted by Crippen LogP contribution is 2.34. The second-order valence-corrected chi connectivity index (χ2v) is 7.71. The van der Waals surface area contributed by atoms with Crippen molar-refractivity contribution < 1.29 is 4.79 Å². The second kappa shape index (κ2) is 8.43. The zero-order chi connectivity index (χ0) is 19.4. The van der Waals surface area contributed by atoms with Gasteiger partial charge in [-0.3, -0.25) is 9.78 Å². The molecule has 0 bridgehead atoms. The first-order valence-electron chi connectivity index (χ1n) is 9.17. The maximum atomic E-state index is 12.6. The van der Waals surface area contributed by atoms with E-state index in [9.17, 15) is 4.79 Å². The van der Waals surface area contributed by atoms with Gasteiger partial charge >= 0.3 is 0 Å². The summed E-state index contributed by atoms with van der Waals surface area (Å²) in [5, 5.41) is 4.00. The number of nitrogens with one attached hydrogen (secondary N) is 1. The molecule has 3 rings (SSSR count). The van der Waals surface area contributed by atoms with Crippen molar-refractivity contribution in [2.45, 2.75) is 39.7 Å². The van der Waals surface area contributed by atoms with Gasteiger partial charge in [-0.1, -0.05) is 13.0 Å². The van der Waals surface area contributed by atoms with E-state index in [2.05, 4.69) is 32.1 Å². The smallest absolute Gasteiger partial charge is 0.261 e. The average Bonchev–Trinajstić information content (AvgIpc) is 3.03. The summed E-state index contributed by atoms with van der Waals surface area (Å²) >= 11 is 1.43. The summed E-state index contributed by atoms with van der Waals surface area (Å²) in [7, 11) is 2.01. The quantitative estimate of drug-likeness (QED) is 0.675. The van der Waals surface area contributed by atoms with Crippen LogP contribution in [0.15, 0.2) is 30.7 Å². The Balaban J connectivity index is 1.86. The van der Waals surface area contributed by atoms with Crippen LogP contribution >= 0.6 is 11.3 Å². The molecule has 0 spiro atoms. The number of likely N-dealkylation sites (N-methyl/N-ethyl adjacent to an activating group) is 1. The molecule has 1 N–H and O–H groups in total. The van der Waals surface area contributed by atoms with E-state index in [1.165, 1.54) is 11.3 Å². The zero-order valence-corrected chi connectivity index (χ0v) is 17.0. The third-order valence-corrected chi connectivity index (χ3v) is 5.89. The minimum atomic E-state index is -0.0352. The number of thiophene rings is 1. The van der Waals surface area contributed by atoms with Gasteiger partial charge in [0, 0.05) is 37.9 Å². The molecule has 0 aromatic carbocycles. The topological polar surface area (TPSA) is 71.0 Å². The average molecular weight is 384 g/mol. The van der Waals surface area contributed by atoms with Gasteiger partial charge in [0.2, 0.25) is 0 Å². The number of anilines is 1. The number of aryl methyl sites for hydroxylation is 1. The van der Waals surface area contributed by atoms with Gasteiger partial charge in [0.05, 0.1) is 10.3 Å². The highest BCUT2D eigenvalue weighted by Gasteiger charge is 2.21. The molecule has 0 saturated carbocycles. The SMILES string of the molecule is CC[C@@H](C)NC(=O)c1sc2ncnc(N(C)CCc3ccccn3)c2c1C. The number of nitrogens with zero attached hydrogens (tertiary/aromatic N) is 4. The van der Waals surface area contributed by atoms with E-state index in [4.69, 9.17) is 0 Å². The van der Waals surface area contributed by atoms with E-state index in [0.717, 1.165) is 46.7 Å². The first-order chi connectivity index (χ1) is 13.0. The van der Waals surface area contributed by atoms with Crippen molar-refractivity contribution in [3.05, 3.63) is 46.9 Å². The third kappa shape index (κ3) is 4.24. The largest absolute Gasteiger partial charge is 0.359 e. The van der Waals surface area contributed by atoms with Crippen LogP contribution in [0.2, 0.25) is 0 Å². The fourth-order valence-corrected chi connectivity index (χ4v) is 3.93. The summed E-state index contributed by atoms with van der Waals surface area (Å²) in [4.78, 5) is 29.6. The van der Waals surface area contributed by atoms with Crippen molar-refractivity contribution >= 4 is 33.3 Å². The Hall–Kier alpha value is -2.54. The number of hydrogen-bond acceptors (Lipinski definition) is 6. The maximum Gasteiger partial charge on any atom is 0.261 e. The van der Waals surface area contributed by atoms with Crippen molar-refractivity contribution in [3.8, 4) is 0 Å². The molecule has 3 aromatic heterocycles. The maximum absolute atomic E-state index is 12.6. The van der Waals surface area contributed by atoms with Crippen LogP contribution in [0, 0.1) is 6.92 Å². The molecule has 0 aliphatic rings. The molecule has 0 radical (unpaired) electrons. The number of fused-ring (bicyclic) bond motifs is 1. The minimum Gasteiger partial charge on any atom is -0.359 e. The first kappa shape index (κ1) is 19.2. The Kier molecular flexibility index (Phi) is 6.01. The molecule has 3 heterocycles. The van der Waals surface area contributed by atoms with Crippen LogP contribution in [-0.2, 0) is 6.42 Å². The van der Waals surface area contributed by atoms with Crippen molar-refractivity contribution in [2.24, 2.45) is 0 Å². The van der Waals surface area contributed by atoms with E-state index in [1.54, 1.807) is 6.33 Å². The van der Waals surface area contributed by atoms with E-state index in [0.29, 0.717) is 4.88 Å². The lowest BCUT2D eigenvalue weighted by Gasteiger charge is -2.19. The van der Waals surface area contributed by atoms with Crippen LogP contribution in [0.3, 0.4) is 0 Å². The van der Waals surface area contributed by atoms with Crippen LogP contribution in [0.4, 0.5) is 5.82 Å². The molecular weight excluding hydrogens is 358 g/mol. The summed E-state index contributed by atoms with van der Waals surface area (Å²) < 4.78 is 0. The van der Waals surface area contributed by atoms with Gasteiger partial charge in [0.25, 0.3) is 5.91 Å². The van der Waals surface area contributed by atoms with Crippen LogP contribution in [0.1, 0.15) is 41.2 Å². The number of rotatable bonds is 7. The van der Waals surface area contributed by atoms with Crippen molar-refractivity contribution in [2.75, 3.05) is 18.5 Å². The molecular formula is C20H25N5OS. The lowest BCUT2D eigenvalue weighted by molar-refractivity contribution is 0.0943. The summed E-state index contributed by atoms with van der Waals surface area (Å²) in [5.74, 6) is 0.819. The molecule has 0 aliphatic heterocycles. The van der Waals surface area contributed by atoms with Gasteiger partial charge in [-0.2, -0.15) is 0 Å². The standard InChI is InChI=1S/C20H25N5OS/c1-5-13(2)24-19(26)17-14(3)16-18(22-12-23-20(16)27-17)25(4)11-9-15-8-6-7-10-21-15/h6-8,10,12-13H,5,9,11H2,1-4H3,(H,24,26)/t13-/m1/s1. The van der Waals surface area contributed by atoms with Crippen LogP contribution in [0.5, 0.6) is 0 Å². The molecule has 1 atom stereocenters. The molecule has 7 heteroatoms. The summed E-state index contributed by atoms with van der Waals surface area (Å²) in [6.45, 7) is 6.83. The van der Waals surface area contributed by atoms with Crippen LogP contribution < -0.4 is 10.2 Å². The number of carbonyl (C=O) groups excluding carboxylic acids is 1. The number of hydrogen-bond donors (Lipinski definition) is 1. The Morgan fingerprint density at radius 3 is 2.81 bits per heavy atom. The molecule has 1 amide bonds. The lowest BCUT2D eigenvalue weighted by atomic mass is 10.1. The third-order valence-electron chi connectivity index (χ3n) is 4.69. The number of aromatic nitrogens is 3. The Labute approximate surface area is 163 Å².